The molecule has 1 saturated heterocycles. The first kappa shape index (κ1) is 15.9. The van der Waals surface area contributed by atoms with Crippen LogP contribution in [-0.4, -0.2) is 30.6 Å². The molecule has 0 atom stereocenters. The Morgan fingerprint density at radius 2 is 2.00 bits per heavy atom. The number of nitrogens with one attached hydrogen (secondary N) is 1. The highest BCUT2D eigenvalue weighted by Gasteiger charge is 2.30. The van der Waals surface area contributed by atoms with Crippen LogP contribution in [0.15, 0.2) is 24.3 Å². The van der Waals surface area contributed by atoms with Crippen LogP contribution in [0.25, 0.3) is 0 Å². The van der Waals surface area contributed by atoms with Gasteiger partial charge in [-0.2, -0.15) is 13.2 Å². The van der Waals surface area contributed by atoms with Gasteiger partial charge < -0.3 is 5.32 Å². The van der Waals surface area contributed by atoms with Crippen molar-refractivity contribution in [2.45, 2.75) is 31.6 Å². The number of nitrogens with zero attached hydrogens (tertiary/aromatic N) is 1. The second kappa shape index (κ2) is 6.97. The van der Waals surface area contributed by atoms with Gasteiger partial charge in [-0.05, 0) is 24.5 Å². The van der Waals surface area contributed by atoms with Gasteiger partial charge in [0.05, 0.1) is 12.1 Å². The summed E-state index contributed by atoms with van der Waals surface area (Å²) in [7, 11) is 0. The highest BCUT2D eigenvalue weighted by atomic mass is 19.4. The molecule has 0 aliphatic carbocycles. The van der Waals surface area contributed by atoms with Gasteiger partial charge in [-0.25, -0.2) is 0 Å². The lowest BCUT2D eigenvalue weighted by Gasteiger charge is -2.31. The molecule has 0 bridgehead atoms. The van der Waals surface area contributed by atoms with Crippen LogP contribution in [-0.2, 0) is 12.7 Å². The third kappa shape index (κ3) is 4.76. The van der Waals surface area contributed by atoms with Crippen LogP contribution in [0, 0.1) is 12.3 Å². The average Bonchev–Trinajstić information content (AvgIpc) is 2.46. The molecule has 114 valence electrons. The summed E-state index contributed by atoms with van der Waals surface area (Å²) < 4.78 is 37.9. The first-order valence-corrected chi connectivity index (χ1v) is 7.04. The molecule has 0 radical (unpaired) electrons. The highest BCUT2D eigenvalue weighted by Crippen LogP contribution is 2.29. The van der Waals surface area contributed by atoms with Gasteiger partial charge in [-0.3, -0.25) is 4.90 Å². The normalized spacial score (nSPS) is 17.6. The van der Waals surface area contributed by atoms with Gasteiger partial charge in [0.2, 0.25) is 0 Å². The fourth-order valence-electron chi connectivity index (χ4n) is 2.54. The number of rotatable bonds is 4. The predicted octanol–water partition coefficient (Wildman–Crippen LogP) is 2.89. The smallest absolute Gasteiger partial charge is 0.310 e. The second-order valence-corrected chi connectivity index (χ2v) is 5.33. The maximum Gasteiger partial charge on any atom is 0.416 e. The van der Waals surface area contributed by atoms with Gasteiger partial charge in [0.1, 0.15) is 0 Å². The number of piperidine rings is 1. The monoisotopic (exact) mass is 296 g/mol. The first-order valence-electron chi connectivity index (χ1n) is 7.04. The number of halogens is 3. The Morgan fingerprint density at radius 3 is 2.62 bits per heavy atom. The van der Waals surface area contributed by atoms with Crippen LogP contribution in [0.2, 0.25) is 0 Å². The zero-order chi connectivity index (χ0) is 15.3. The molecular formula is C16H19F3N2. The molecule has 1 aliphatic rings. The number of likely N-dealkylation sites (tertiary alicyclic amines) is 1. The van der Waals surface area contributed by atoms with E-state index in [1.54, 1.807) is 6.07 Å². The fourth-order valence-corrected chi connectivity index (χ4v) is 2.54. The lowest BCUT2D eigenvalue weighted by atomic mass is 10.0. The van der Waals surface area contributed by atoms with Crippen LogP contribution < -0.4 is 5.32 Å². The molecule has 0 unspecified atom stereocenters. The number of terminal acetylenes is 1. The molecule has 1 aliphatic heterocycles. The zero-order valence-corrected chi connectivity index (χ0v) is 11.8. The van der Waals surface area contributed by atoms with E-state index >= 15 is 0 Å². The molecule has 2 rings (SSSR count). The molecule has 5 heteroatoms. The predicted molar refractivity (Wildman–Crippen MR) is 76.6 cm³/mol. The minimum absolute atomic E-state index is 0.341. The maximum absolute atomic E-state index is 12.6. The van der Waals surface area contributed by atoms with Gasteiger partial charge >= 0.3 is 6.18 Å². The van der Waals surface area contributed by atoms with Crippen LogP contribution in [0.3, 0.4) is 0 Å². The van der Waals surface area contributed by atoms with Crippen molar-refractivity contribution in [1.82, 2.24) is 10.2 Å². The first-order chi connectivity index (χ1) is 9.99. The van der Waals surface area contributed by atoms with E-state index in [4.69, 9.17) is 6.42 Å². The van der Waals surface area contributed by atoms with E-state index in [9.17, 15) is 13.2 Å². The van der Waals surface area contributed by atoms with Crippen molar-refractivity contribution < 1.29 is 13.2 Å². The molecule has 1 N–H and O–H groups in total. The van der Waals surface area contributed by atoms with Crippen molar-refractivity contribution >= 4 is 0 Å². The Balaban J connectivity index is 1.83. The molecule has 0 spiro atoms. The van der Waals surface area contributed by atoms with Crippen LogP contribution in [0.4, 0.5) is 13.2 Å². The summed E-state index contributed by atoms with van der Waals surface area (Å²) in [5.41, 5.74) is 0.0709. The number of alkyl halides is 3. The Bertz CT molecular complexity index is 497. The molecule has 1 heterocycles. The van der Waals surface area contributed by atoms with E-state index in [2.05, 4.69) is 16.1 Å². The average molecular weight is 296 g/mol. The summed E-state index contributed by atoms with van der Waals surface area (Å²) in [5.74, 6) is 2.63. The van der Waals surface area contributed by atoms with E-state index in [1.165, 1.54) is 12.1 Å². The van der Waals surface area contributed by atoms with Crippen molar-refractivity contribution in [3.63, 3.8) is 0 Å². The van der Waals surface area contributed by atoms with Crippen LogP contribution >= 0.6 is 0 Å². The van der Waals surface area contributed by atoms with Gasteiger partial charge in [0.15, 0.2) is 0 Å². The Morgan fingerprint density at radius 1 is 1.29 bits per heavy atom. The molecule has 2 nitrogen and oxygen atoms in total. The lowest BCUT2D eigenvalue weighted by molar-refractivity contribution is -0.137. The minimum Gasteiger partial charge on any atom is -0.310 e. The second-order valence-electron chi connectivity index (χ2n) is 5.33. The fraction of sp³-hybridized carbons (Fsp3) is 0.500. The molecule has 0 saturated carbocycles. The number of benzene rings is 1. The maximum atomic E-state index is 12.6. The van der Waals surface area contributed by atoms with Crippen LogP contribution in [0.5, 0.6) is 0 Å². The SMILES string of the molecule is C#CCN1CCC(NCc2cccc(C(F)(F)F)c2)CC1. The van der Waals surface area contributed by atoms with E-state index in [-0.39, 0.29) is 0 Å². The van der Waals surface area contributed by atoms with Crippen molar-refractivity contribution in [1.29, 1.82) is 0 Å². The Hall–Kier alpha value is -1.51. The molecule has 21 heavy (non-hydrogen) atoms. The molecule has 0 amide bonds. The lowest BCUT2D eigenvalue weighted by Crippen LogP contribution is -2.42. The molecule has 0 aromatic heterocycles. The van der Waals surface area contributed by atoms with E-state index in [0.717, 1.165) is 32.0 Å². The molecule has 1 fully saturated rings. The van der Waals surface area contributed by atoms with Crippen LogP contribution in [0.1, 0.15) is 24.0 Å². The minimum atomic E-state index is -4.28. The van der Waals surface area contributed by atoms with E-state index in [1.807, 2.05) is 0 Å². The Labute approximate surface area is 123 Å². The van der Waals surface area contributed by atoms with Gasteiger partial charge in [-0.1, -0.05) is 24.1 Å². The summed E-state index contributed by atoms with van der Waals surface area (Å²) in [4.78, 5) is 2.21. The van der Waals surface area contributed by atoms with Crippen molar-refractivity contribution in [3.05, 3.63) is 35.4 Å². The summed E-state index contributed by atoms with van der Waals surface area (Å²) >= 11 is 0. The summed E-state index contributed by atoms with van der Waals surface area (Å²) in [5, 5.41) is 3.33. The van der Waals surface area contributed by atoms with Gasteiger partial charge in [0, 0.05) is 25.7 Å². The topological polar surface area (TPSA) is 15.3 Å². The third-order valence-corrected chi connectivity index (χ3v) is 3.75. The van der Waals surface area contributed by atoms with Crippen molar-refractivity contribution in [2.24, 2.45) is 0 Å². The highest BCUT2D eigenvalue weighted by molar-refractivity contribution is 5.25. The number of hydrogen-bond acceptors (Lipinski definition) is 2. The Kier molecular flexibility index (Phi) is 5.27. The van der Waals surface area contributed by atoms with E-state index in [0.29, 0.717) is 24.7 Å². The third-order valence-electron chi connectivity index (χ3n) is 3.75. The molecular weight excluding hydrogens is 277 g/mol. The quantitative estimate of drug-likeness (QED) is 0.860. The molecule has 1 aromatic rings. The summed E-state index contributed by atoms with van der Waals surface area (Å²) in [6, 6.07) is 5.82. The number of hydrogen-bond donors (Lipinski definition) is 1. The van der Waals surface area contributed by atoms with Crippen molar-refractivity contribution in [3.8, 4) is 12.3 Å². The standard InChI is InChI=1S/C16H19F3N2/c1-2-8-21-9-6-15(7-10-21)20-12-13-4-3-5-14(11-13)16(17,18)19/h1,3-5,11,15,20H,6-10,12H2. The summed E-state index contributed by atoms with van der Waals surface area (Å²) in [6.07, 6.45) is 2.94. The van der Waals surface area contributed by atoms with Gasteiger partial charge in [0.25, 0.3) is 0 Å². The molecule has 1 aromatic carbocycles. The van der Waals surface area contributed by atoms with Crippen molar-refractivity contribution in [2.75, 3.05) is 19.6 Å². The van der Waals surface area contributed by atoms with Gasteiger partial charge in [-0.15, -0.1) is 6.42 Å². The zero-order valence-electron chi connectivity index (χ0n) is 11.8. The largest absolute Gasteiger partial charge is 0.416 e. The summed E-state index contributed by atoms with van der Waals surface area (Å²) in [6.45, 7) is 3.00. The van der Waals surface area contributed by atoms with E-state index < -0.39 is 11.7 Å².